The zero-order valence-corrected chi connectivity index (χ0v) is 13.2. The minimum atomic E-state index is 0. The van der Waals surface area contributed by atoms with Crippen LogP contribution in [0.2, 0.25) is 0 Å². The van der Waals surface area contributed by atoms with Crippen molar-refractivity contribution in [1.29, 1.82) is 0 Å². The average molecular weight is 374 g/mol. The van der Waals surface area contributed by atoms with Gasteiger partial charge in [0, 0.05) is 6.61 Å². The second kappa shape index (κ2) is 12.4. The van der Waals surface area contributed by atoms with Gasteiger partial charge in [0.2, 0.25) is 0 Å². The fourth-order valence-corrected chi connectivity index (χ4v) is 0.483. The molecule has 0 rings (SSSR count). The molecule has 0 bridgehead atoms. The summed E-state index contributed by atoms with van der Waals surface area (Å²) in [4.78, 5) is 0. The number of hydrogen-bond donors (Lipinski definition) is 0. The van der Waals surface area contributed by atoms with Gasteiger partial charge in [-0.05, 0) is 6.92 Å². The number of rotatable bonds is 4. The highest BCUT2D eigenvalue weighted by Gasteiger charge is 2.04. The van der Waals surface area contributed by atoms with Gasteiger partial charge in [-0.1, -0.05) is 0 Å². The maximum absolute atomic E-state index is 5.19. The number of hydrogen-bond acceptors (Lipinski definition) is 1. The molecule has 5 heteroatoms. The number of nitrogens with zero attached hydrogens (tertiary/aromatic N) is 1. The molecular weight excluding hydrogens is 354 g/mol. The molecule has 0 N–H and O–H groups in total. The van der Waals surface area contributed by atoms with Crippen LogP contribution < -0.4 is 17.0 Å². The van der Waals surface area contributed by atoms with Crippen LogP contribution >= 0.6 is 34.0 Å². The fourth-order valence-electron chi connectivity index (χ4n) is 0.483. The van der Waals surface area contributed by atoms with Crippen LogP contribution in [0.15, 0.2) is 0 Å². The Morgan fingerprint density at radius 2 is 1.50 bits per heavy atom. The molecule has 12 heavy (non-hydrogen) atoms. The second-order valence-corrected chi connectivity index (χ2v) is 3.21. The van der Waals surface area contributed by atoms with Crippen molar-refractivity contribution in [3.8, 4) is 0 Å². The van der Waals surface area contributed by atoms with Gasteiger partial charge in [-0.3, -0.25) is 0 Å². The summed E-state index contributed by atoms with van der Waals surface area (Å²) in [6.45, 7) is 4.82. The number of halogens is 3. The highest BCUT2D eigenvalue weighted by atomic mass is 79.9. The van der Waals surface area contributed by atoms with Crippen LogP contribution in [0.1, 0.15) is 6.92 Å². The van der Waals surface area contributed by atoms with E-state index in [0.717, 1.165) is 24.2 Å². The van der Waals surface area contributed by atoms with Crippen molar-refractivity contribution < 1.29 is 26.2 Å². The summed E-state index contributed by atoms with van der Waals surface area (Å²) in [5.41, 5.74) is 0. The quantitative estimate of drug-likeness (QED) is 0.448. The lowest BCUT2D eigenvalue weighted by Crippen LogP contribution is -3.00. The van der Waals surface area contributed by atoms with Gasteiger partial charge in [0.05, 0.1) is 27.7 Å². The van der Waals surface area contributed by atoms with Crippen molar-refractivity contribution in [3.05, 3.63) is 0 Å². The minimum absolute atomic E-state index is 0. The van der Waals surface area contributed by atoms with Gasteiger partial charge >= 0.3 is 0 Å². The van der Waals surface area contributed by atoms with E-state index in [2.05, 4.69) is 21.1 Å². The molecule has 0 amide bonds. The van der Waals surface area contributed by atoms with E-state index in [-0.39, 0.29) is 50.9 Å². The Hall–Kier alpha value is 1.36. The van der Waals surface area contributed by atoms with Crippen LogP contribution in [0.3, 0.4) is 0 Å². The third-order valence-corrected chi connectivity index (χ3v) is 1.11. The first-order valence-corrected chi connectivity index (χ1v) is 3.44. The van der Waals surface area contributed by atoms with Gasteiger partial charge in [0.1, 0.15) is 6.54 Å². The molecule has 2 nitrogen and oxygen atoms in total. The summed E-state index contributed by atoms with van der Waals surface area (Å²) >= 11 is 0. The van der Waals surface area contributed by atoms with Crippen molar-refractivity contribution in [3.63, 3.8) is 0 Å². The van der Waals surface area contributed by atoms with Crippen molar-refractivity contribution >= 4 is 34.0 Å². The molecule has 0 radical (unpaired) electrons. The van der Waals surface area contributed by atoms with E-state index in [0.29, 0.717) is 0 Å². The summed E-state index contributed by atoms with van der Waals surface area (Å²) in [6, 6.07) is 0. The first kappa shape index (κ1) is 23.3. The monoisotopic (exact) mass is 371 g/mol. The molecule has 0 aliphatic rings. The summed E-state index contributed by atoms with van der Waals surface area (Å²) in [7, 11) is 6.50. The smallest absolute Gasteiger partial charge is 0.102 e. The molecule has 0 unspecified atom stereocenters. The summed E-state index contributed by atoms with van der Waals surface area (Å²) in [5.74, 6) is 0. The van der Waals surface area contributed by atoms with Crippen molar-refractivity contribution in [2.24, 2.45) is 0 Å². The predicted octanol–water partition coefficient (Wildman–Crippen LogP) is -1.11. The summed E-state index contributed by atoms with van der Waals surface area (Å²) < 4.78 is 6.18. The first-order chi connectivity index (χ1) is 4.06. The van der Waals surface area contributed by atoms with E-state index in [4.69, 9.17) is 4.74 Å². The second-order valence-electron chi connectivity index (χ2n) is 3.21. The minimum Gasteiger partial charge on any atom is -1.00 e. The Labute approximate surface area is 108 Å². The fraction of sp³-hybridized carbons (Fsp3) is 1.00. The Kier molecular flexibility index (Phi) is 24.0. The molecule has 0 aromatic rings. The molecule has 0 saturated heterocycles. The molecule has 0 aliphatic heterocycles. The van der Waals surface area contributed by atoms with Gasteiger partial charge in [0.25, 0.3) is 0 Å². The van der Waals surface area contributed by atoms with Crippen LogP contribution in [0, 0.1) is 0 Å². The molecule has 0 atom stereocenters. The predicted molar refractivity (Wildman–Crippen MR) is 60.0 cm³/mol. The van der Waals surface area contributed by atoms with E-state index >= 15 is 0 Å². The SMILES string of the molecule is Br.Br.CCOCC[N+](C)(C)C.[Br-]. The maximum Gasteiger partial charge on any atom is 0.102 e. The molecule has 0 spiro atoms. The number of ether oxygens (including phenoxy) is 1. The Balaban J connectivity index is -0.000000107. The van der Waals surface area contributed by atoms with Crippen molar-refractivity contribution in [2.45, 2.75) is 6.92 Å². The third-order valence-electron chi connectivity index (χ3n) is 1.11. The van der Waals surface area contributed by atoms with Gasteiger partial charge in [-0.2, -0.15) is 0 Å². The van der Waals surface area contributed by atoms with Crippen LogP contribution in [-0.2, 0) is 4.74 Å². The van der Waals surface area contributed by atoms with Crippen molar-refractivity contribution in [1.82, 2.24) is 0 Å². The van der Waals surface area contributed by atoms with E-state index in [1.807, 2.05) is 6.92 Å². The third kappa shape index (κ3) is 22.5. The van der Waals surface area contributed by atoms with Crippen LogP contribution in [0.5, 0.6) is 0 Å². The summed E-state index contributed by atoms with van der Waals surface area (Å²) in [6.07, 6.45) is 0. The number of likely N-dealkylation sites (N-methyl/N-ethyl adjacent to an activating group) is 1. The Morgan fingerprint density at radius 3 is 1.75 bits per heavy atom. The van der Waals surface area contributed by atoms with E-state index in [9.17, 15) is 0 Å². The molecule has 0 aromatic heterocycles. The summed E-state index contributed by atoms with van der Waals surface area (Å²) in [5, 5.41) is 0. The Bertz CT molecular complexity index is 75.5. The normalized spacial score (nSPS) is 9.00. The lowest BCUT2D eigenvalue weighted by atomic mass is 10.5. The van der Waals surface area contributed by atoms with Gasteiger partial charge < -0.3 is 26.2 Å². The van der Waals surface area contributed by atoms with Crippen LogP contribution in [0.25, 0.3) is 0 Å². The van der Waals surface area contributed by atoms with Gasteiger partial charge in [0.15, 0.2) is 0 Å². The zero-order valence-electron chi connectivity index (χ0n) is 8.17. The molecule has 80 valence electrons. The number of quaternary nitrogens is 1. The molecule has 0 saturated carbocycles. The largest absolute Gasteiger partial charge is 1.00 e. The van der Waals surface area contributed by atoms with E-state index in [1.54, 1.807) is 0 Å². The van der Waals surface area contributed by atoms with Crippen LogP contribution in [-0.4, -0.2) is 45.4 Å². The van der Waals surface area contributed by atoms with E-state index < -0.39 is 0 Å². The lowest BCUT2D eigenvalue weighted by Gasteiger charge is -2.23. The lowest BCUT2D eigenvalue weighted by molar-refractivity contribution is -0.870. The average Bonchev–Trinajstić information content (AvgIpc) is 1.63. The van der Waals surface area contributed by atoms with Crippen LogP contribution in [0.4, 0.5) is 0 Å². The Morgan fingerprint density at radius 1 is 1.08 bits per heavy atom. The first-order valence-electron chi connectivity index (χ1n) is 3.44. The molecule has 0 heterocycles. The van der Waals surface area contributed by atoms with Gasteiger partial charge in [-0.15, -0.1) is 34.0 Å². The van der Waals surface area contributed by atoms with Crippen molar-refractivity contribution in [2.75, 3.05) is 40.9 Å². The molecule has 0 aliphatic carbocycles. The standard InChI is InChI=1S/C7H18NO.3BrH/c1-5-9-7-6-8(2,3)4;;;/h5-7H2,1-4H3;3*1H/q+1;;;/p-1. The van der Waals surface area contributed by atoms with E-state index in [1.165, 1.54) is 0 Å². The molecule has 0 aromatic carbocycles. The molecular formula is C7H20Br3NO. The highest BCUT2D eigenvalue weighted by molar-refractivity contribution is 8.93. The highest BCUT2D eigenvalue weighted by Crippen LogP contribution is 1.88. The topological polar surface area (TPSA) is 9.23 Å². The molecule has 0 fully saturated rings. The van der Waals surface area contributed by atoms with Gasteiger partial charge in [-0.25, -0.2) is 0 Å². The maximum atomic E-state index is 5.19. The zero-order chi connectivity index (χ0) is 7.33.